The number of methoxy groups -OCH3 is 2. The minimum absolute atomic E-state index is 0.110. The number of carbonyl (C=O) groups is 1. The van der Waals surface area contributed by atoms with Gasteiger partial charge >= 0.3 is 0 Å². The van der Waals surface area contributed by atoms with Crippen LogP contribution >= 0.6 is 0 Å². The first kappa shape index (κ1) is 20.3. The van der Waals surface area contributed by atoms with Crippen LogP contribution in [0.25, 0.3) is 0 Å². The third-order valence-electron chi connectivity index (χ3n) is 3.94. The molecule has 0 aliphatic rings. The molecule has 0 aliphatic carbocycles. The second kappa shape index (κ2) is 10.9. The molecule has 144 valence electrons. The number of amides is 1. The number of hydrazone groups is 1. The maximum Gasteiger partial charge on any atom is 0.277 e. The van der Waals surface area contributed by atoms with E-state index in [-0.39, 0.29) is 12.5 Å². The summed E-state index contributed by atoms with van der Waals surface area (Å²) in [6, 6.07) is 13.2. The minimum Gasteiger partial charge on any atom is -0.493 e. The highest BCUT2D eigenvalue weighted by molar-refractivity contribution is 5.86. The number of aryl methyl sites for hydroxylation is 1. The molecule has 27 heavy (non-hydrogen) atoms. The van der Waals surface area contributed by atoms with Gasteiger partial charge in [-0.3, -0.25) is 4.79 Å². The average Bonchev–Trinajstić information content (AvgIpc) is 2.71. The maximum atomic E-state index is 11.9. The van der Waals surface area contributed by atoms with Crippen LogP contribution in [0.5, 0.6) is 17.2 Å². The van der Waals surface area contributed by atoms with Gasteiger partial charge in [-0.1, -0.05) is 31.5 Å². The van der Waals surface area contributed by atoms with Crippen molar-refractivity contribution in [3.05, 3.63) is 53.6 Å². The summed E-state index contributed by atoms with van der Waals surface area (Å²) in [5, 5.41) is 3.95. The standard InChI is InChI=1S/C21H26N2O4/c1-4-5-7-16-10-12-18(13-11-16)27-15-20(24)23-22-14-17-8-6-9-19(25-2)21(17)26-3/h6,8-14H,4-5,7,15H2,1-3H3,(H,23,24). The molecule has 0 unspecified atom stereocenters. The lowest BCUT2D eigenvalue weighted by Gasteiger charge is -2.09. The molecule has 0 atom stereocenters. The zero-order chi connectivity index (χ0) is 19.5. The van der Waals surface area contributed by atoms with Gasteiger partial charge in [0.15, 0.2) is 18.1 Å². The lowest BCUT2D eigenvalue weighted by molar-refractivity contribution is -0.123. The van der Waals surface area contributed by atoms with E-state index >= 15 is 0 Å². The molecule has 6 nitrogen and oxygen atoms in total. The Kier molecular flexibility index (Phi) is 8.16. The molecule has 0 aliphatic heterocycles. The molecule has 0 saturated carbocycles. The van der Waals surface area contributed by atoms with Gasteiger partial charge in [0.05, 0.1) is 20.4 Å². The Morgan fingerprint density at radius 1 is 1.11 bits per heavy atom. The largest absolute Gasteiger partial charge is 0.493 e. The topological polar surface area (TPSA) is 69.2 Å². The van der Waals surface area contributed by atoms with Gasteiger partial charge in [0.25, 0.3) is 5.91 Å². The lowest BCUT2D eigenvalue weighted by Crippen LogP contribution is -2.24. The number of hydrogen-bond donors (Lipinski definition) is 1. The fraction of sp³-hybridized carbons (Fsp3) is 0.333. The van der Waals surface area contributed by atoms with E-state index in [4.69, 9.17) is 14.2 Å². The molecule has 0 spiro atoms. The number of nitrogens with zero attached hydrogens (tertiary/aromatic N) is 1. The zero-order valence-electron chi connectivity index (χ0n) is 16.0. The highest BCUT2D eigenvalue weighted by Gasteiger charge is 2.07. The van der Waals surface area contributed by atoms with Gasteiger partial charge in [0.1, 0.15) is 5.75 Å². The fourth-order valence-corrected chi connectivity index (χ4v) is 2.50. The van der Waals surface area contributed by atoms with E-state index in [9.17, 15) is 4.79 Å². The van der Waals surface area contributed by atoms with Crippen molar-refractivity contribution in [2.75, 3.05) is 20.8 Å². The van der Waals surface area contributed by atoms with Crippen LogP contribution in [0.4, 0.5) is 0 Å². The molecule has 2 aromatic rings. The zero-order valence-corrected chi connectivity index (χ0v) is 16.0. The number of benzene rings is 2. The summed E-state index contributed by atoms with van der Waals surface area (Å²) in [6.07, 6.45) is 4.89. The van der Waals surface area contributed by atoms with Gasteiger partial charge in [-0.05, 0) is 42.7 Å². The van der Waals surface area contributed by atoms with Gasteiger partial charge < -0.3 is 14.2 Å². The van der Waals surface area contributed by atoms with Gasteiger partial charge in [0, 0.05) is 5.56 Å². The average molecular weight is 370 g/mol. The van der Waals surface area contributed by atoms with Crippen molar-refractivity contribution in [2.45, 2.75) is 26.2 Å². The highest BCUT2D eigenvalue weighted by atomic mass is 16.5. The third kappa shape index (κ3) is 6.33. The van der Waals surface area contributed by atoms with E-state index in [1.54, 1.807) is 20.3 Å². The van der Waals surface area contributed by atoms with Gasteiger partial charge in [-0.25, -0.2) is 5.43 Å². The van der Waals surface area contributed by atoms with Gasteiger partial charge in [-0.2, -0.15) is 5.10 Å². The summed E-state index contributed by atoms with van der Waals surface area (Å²) < 4.78 is 16.0. The van der Waals surface area contributed by atoms with Crippen LogP contribution in [0.3, 0.4) is 0 Å². The van der Waals surface area contributed by atoms with Crippen molar-refractivity contribution in [1.29, 1.82) is 0 Å². The first-order valence-corrected chi connectivity index (χ1v) is 8.92. The summed E-state index contributed by atoms with van der Waals surface area (Å²) in [5.41, 5.74) is 4.40. The molecule has 2 rings (SSSR count). The van der Waals surface area contributed by atoms with Crippen LogP contribution < -0.4 is 19.6 Å². The van der Waals surface area contributed by atoms with Crippen molar-refractivity contribution in [3.8, 4) is 17.2 Å². The van der Waals surface area contributed by atoms with E-state index in [1.807, 2.05) is 36.4 Å². The second-order valence-corrected chi connectivity index (χ2v) is 5.91. The quantitative estimate of drug-likeness (QED) is 0.513. The summed E-state index contributed by atoms with van der Waals surface area (Å²) in [4.78, 5) is 11.9. The molecule has 0 aromatic heterocycles. The SMILES string of the molecule is CCCCc1ccc(OCC(=O)NN=Cc2cccc(OC)c2OC)cc1. The molecule has 0 saturated heterocycles. The number of nitrogens with one attached hydrogen (secondary N) is 1. The number of unbranched alkanes of at least 4 members (excludes halogenated alkanes) is 1. The summed E-state index contributed by atoms with van der Waals surface area (Å²) in [7, 11) is 3.11. The molecule has 2 aromatic carbocycles. The van der Waals surface area contributed by atoms with E-state index in [0.717, 1.165) is 6.42 Å². The van der Waals surface area contributed by atoms with Crippen molar-refractivity contribution in [3.63, 3.8) is 0 Å². The van der Waals surface area contributed by atoms with Crippen molar-refractivity contribution in [1.82, 2.24) is 5.43 Å². The van der Waals surface area contributed by atoms with Crippen LogP contribution in [-0.4, -0.2) is 32.9 Å². The number of carbonyl (C=O) groups excluding carboxylic acids is 1. The lowest BCUT2D eigenvalue weighted by atomic mass is 10.1. The van der Waals surface area contributed by atoms with Crippen molar-refractivity contribution < 1.29 is 19.0 Å². The van der Waals surface area contributed by atoms with Crippen LogP contribution in [0.2, 0.25) is 0 Å². The normalized spacial score (nSPS) is 10.6. The van der Waals surface area contributed by atoms with Crippen molar-refractivity contribution in [2.24, 2.45) is 5.10 Å². The maximum absolute atomic E-state index is 11.9. The van der Waals surface area contributed by atoms with E-state index in [0.29, 0.717) is 22.8 Å². The Morgan fingerprint density at radius 2 is 1.89 bits per heavy atom. The molecule has 0 fully saturated rings. The Hall–Kier alpha value is -3.02. The first-order chi connectivity index (χ1) is 13.2. The molecule has 0 radical (unpaired) electrons. The van der Waals surface area contributed by atoms with Crippen molar-refractivity contribution >= 4 is 12.1 Å². The van der Waals surface area contributed by atoms with Crippen LogP contribution in [-0.2, 0) is 11.2 Å². The molecular weight excluding hydrogens is 344 g/mol. The van der Waals surface area contributed by atoms with Crippen LogP contribution in [0, 0.1) is 0 Å². The molecular formula is C21H26N2O4. The van der Waals surface area contributed by atoms with Crippen LogP contribution in [0.15, 0.2) is 47.6 Å². The predicted molar refractivity (Wildman–Crippen MR) is 106 cm³/mol. The van der Waals surface area contributed by atoms with E-state index < -0.39 is 0 Å². The Bertz CT molecular complexity index is 757. The summed E-state index contributed by atoms with van der Waals surface area (Å²) >= 11 is 0. The number of hydrogen-bond acceptors (Lipinski definition) is 5. The molecule has 1 amide bonds. The number of ether oxygens (including phenoxy) is 3. The Labute approximate surface area is 160 Å². The molecule has 0 bridgehead atoms. The molecule has 0 heterocycles. The molecule has 6 heteroatoms. The predicted octanol–water partition coefficient (Wildman–Crippen LogP) is 3.58. The number of rotatable bonds is 10. The summed E-state index contributed by atoms with van der Waals surface area (Å²) in [5.74, 6) is 1.46. The smallest absolute Gasteiger partial charge is 0.277 e. The number of para-hydroxylation sites is 1. The summed E-state index contributed by atoms with van der Waals surface area (Å²) in [6.45, 7) is 2.06. The monoisotopic (exact) mass is 370 g/mol. The minimum atomic E-state index is -0.344. The van der Waals surface area contributed by atoms with Crippen LogP contribution in [0.1, 0.15) is 30.9 Å². The Balaban J connectivity index is 1.83. The van der Waals surface area contributed by atoms with E-state index in [2.05, 4.69) is 17.5 Å². The third-order valence-corrected chi connectivity index (χ3v) is 3.94. The van der Waals surface area contributed by atoms with E-state index in [1.165, 1.54) is 24.6 Å². The fourth-order valence-electron chi connectivity index (χ4n) is 2.50. The van der Waals surface area contributed by atoms with Gasteiger partial charge in [0.2, 0.25) is 0 Å². The molecule has 1 N–H and O–H groups in total. The first-order valence-electron chi connectivity index (χ1n) is 8.92. The highest BCUT2D eigenvalue weighted by Crippen LogP contribution is 2.29. The van der Waals surface area contributed by atoms with Gasteiger partial charge in [-0.15, -0.1) is 0 Å². The Morgan fingerprint density at radius 3 is 2.56 bits per heavy atom. The second-order valence-electron chi connectivity index (χ2n) is 5.91.